The summed E-state index contributed by atoms with van der Waals surface area (Å²) >= 11 is 0. The number of unbranched alkanes of at least 4 members (excludes halogenated alkanes) is 54. The molecule has 6 heteroatoms. The lowest BCUT2D eigenvalue weighted by atomic mass is 10.0. The second-order valence-corrected chi connectivity index (χ2v) is 25.2. The van der Waals surface area contributed by atoms with E-state index in [9.17, 15) is 14.4 Å². The van der Waals surface area contributed by atoms with E-state index in [1.165, 1.54) is 321 Å². The van der Waals surface area contributed by atoms with Crippen LogP contribution in [-0.2, 0) is 28.6 Å². The normalized spacial score (nSPS) is 12.1. The second-order valence-electron chi connectivity index (χ2n) is 25.2. The van der Waals surface area contributed by atoms with Crippen LogP contribution in [0.25, 0.3) is 0 Å². The molecule has 0 aromatic carbocycles. The Bertz CT molecular complexity index is 1310. The van der Waals surface area contributed by atoms with Crippen LogP contribution in [0.5, 0.6) is 0 Å². The number of hydrogen-bond donors (Lipinski definition) is 0. The van der Waals surface area contributed by atoms with Gasteiger partial charge < -0.3 is 14.2 Å². The molecule has 0 aliphatic heterocycles. The van der Waals surface area contributed by atoms with E-state index in [1.807, 2.05) is 0 Å². The molecule has 1 atom stereocenters. The van der Waals surface area contributed by atoms with Crippen LogP contribution < -0.4 is 0 Å². The summed E-state index contributed by atoms with van der Waals surface area (Å²) in [5.74, 6) is -0.836. The Morgan fingerprint density at radius 1 is 0.235 bits per heavy atom. The molecule has 0 bridgehead atoms. The lowest BCUT2D eigenvalue weighted by Gasteiger charge is -2.18. The number of carbonyl (C=O) groups is 3. The van der Waals surface area contributed by atoms with Gasteiger partial charge in [0.2, 0.25) is 0 Å². The van der Waals surface area contributed by atoms with Gasteiger partial charge in [0.15, 0.2) is 6.10 Å². The van der Waals surface area contributed by atoms with Crippen molar-refractivity contribution >= 4 is 17.9 Å². The Morgan fingerprint density at radius 2 is 0.407 bits per heavy atom. The molecule has 0 aliphatic rings. The van der Waals surface area contributed by atoms with Gasteiger partial charge in [-0.1, -0.05) is 353 Å². The quantitative estimate of drug-likeness (QED) is 0.0261. The Labute approximate surface area is 506 Å². The Hall–Kier alpha value is -2.11. The molecule has 0 spiro atoms. The van der Waals surface area contributed by atoms with E-state index in [-0.39, 0.29) is 31.1 Å². The van der Waals surface area contributed by atoms with E-state index in [1.54, 1.807) is 0 Å². The highest BCUT2D eigenvalue weighted by molar-refractivity contribution is 5.71. The van der Waals surface area contributed by atoms with Gasteiger partial charge in [-0.25, -0.2) is 0 Å². The monoisotopic (exact) mass is 1140 g/mol. The Kier molecular flexibility index (Phi) is 68.5. The van der Waals surface area contributed by atoms with Crippen LogP contribution in [0.4, 0.5) is 0 Å². The standard InChI is InChI=1S/C75H142O6/c1-4-7-10-13-16-19-22-25-28-31-33-35-36-37-38-40-41-44-47-50-53-56-59-62-65-68-74(77)80-71-72(70-79-73(76)67-64-61-58-55-52-49-46-43-30-27-24-21-18-15-12-9-6-3)81-75(78)69-66-63-60-57-54-51-48-45-42-39-34-32-29-26-23-20-17-14-11-8-5-2/h27,30-31,33,72H,4-26,28-29,32,34-71H2,1-3H3/b30-27-,33-31-. The predicted molar refractivity (Wildman–Crippen MR) is 353 cm³/mol. The first-order valence-corrected chi connectivity index (χ1v) is 36.8. The third kappa shape index (κ3) is 68.6. The number of allylic oxidation sites excluding steroid dienone is 4. The topological polar surface area (TPSA) is 78.9 Å². The molecular weight excluding hydrogens is 997 g/mol. The molecule has 0 heterocycles. The average Bonchev–Trinajstić information content (AvgIpc) is 3.47. The average molecular weight is 1140 g/mol. The van der Waals surface area contributed by atoms with Crippen molar-refractivity contribution in [2.75, 3.05) is 13.2 Å². The van der Waals surface area contributed by atoms with Crippen molar-refractivity contribution < 1.29 is 28.6 Å². The van der Waals surface area contributed by atoms with Gasteiger partial charge in [0.05, 0.1) is 0 Å². The maximum absolute atomic E-state index is 13.0. The zero-order valence-corrected chi connectivity index (χ0v) is 55.1. The molecule has 0 saturated carbocycles. The first kappa shape index (κ1) is 78.9. The third-order valence-electron chi connectivity index (χ3n) is 16.9. The molecule has 478 valence electrons. The van der Waals surface area contributed by atoms with Crippen molar-refractivity contribution in [3.8, 4) is 0 Å². The first-order chi connectivity index (χ1) is 40.0. The summed E-state index contributed by atoms with van der Waals surface area (Å²) in [7, 11) is 0. The Balaban J connectivity index is 4.27. The van der Waals surface area contributed by atoms with Gasteiger partial charge in [0.25, 0.3) is 0 Å². The second kappa shape index (κ2) is 70.4. The fraction of sp³-hybridized carbons (Fsp3) is 0.907. The molecule has 0 aliphatic carbocycles. The van der Waals surface area contributed by atoms with Gasteiger partial charge >= 0.3 is 17.9 Å². The molecule has 0 aromatic heterocycles. The van der Waals surface area contributed by atoms with Crippen LogP contribution in [0.15, 0.2) is 24.3 Å². The molecule has 0 fully saturated rings. The van der Waals surface area contributed by atoms with Gasteiger partial charge in [-0.15, -0.1) is 0 Å². The molecule has 0 aromatic rings. The summed E-state index contributed by atoms with van der Waals surface area (Å²) in [6, 6.07) is 0. The summed E-state index contributed by atoms with van der Waals surface area (Å²) in [6.07, 6.45) is 86.4. The third-order valence-corrected chi connectivity index (χ3v) is 16.9. The lowest BCUT2D eigenvalue weighted by Crippen LogP contribution is -2.30. The van der Waals surface area contributed by atoms with E-state index >= 15 is 0 Å². The van der Waals surface area contributed by atoms with E-state index in [0.29, 0.717) is 19.3 Å². The molecule has 0 rings (SSSR count). The van der Waals surface area contributed by atoms with E-state index in [4.69, 9.17) is 14.2 Å². The lowest BCUT2D eigenvalue weighted by molar-refractivity contribution is -0.167. The minimum atomic E-state index is -0.771. The van der Waals surface area contributed by atoms with Gasteiger partial charge in [-0.2, -0.15) is 0 Å². The minimum absolute atomic E-state index is 0.0666. The molecule has 6 nitrogen and oxygen atoms in total. The molecule has 1 unspecified atom stereocenters. The van der Waals surface area contributed by atoms with Crippen molar-refractivity contribution in [1.82, 2.24) is 0 Å². The molecule has 0 N–H and O–H groups in total. The SMILES string of the molecule is CCCCCCCC/C=C\CCCCCCCCCC(=O)OCC(COC(=O)CCCCCCCCCCCCCCC/C=C\CCCCCCCCCC)OC(=O)CCCCCCCCCCCCCCCCCCCCCCC. The zero-order valence-electron chi connectivity index (χ0n) is 55.1. The highest BCUT2D eigenvalue weighted by Crippen LogP contribution is 2.19. The maximum atomic E-state index is 13.0. The highest BCUT2D eigenvalue weighted by atomic mass is 16.6. The molecule has 81 heavy (non-hydrogen) atoms. The minimum Gasteiger partial charge on any atom is -0.462 e. The van der Waals surface area contributed by atoms with Gasteiger partial charge in [-0.05, 0) is 70.6 Å². The maximum Gasteiger partial charge on any atom is 0.306 e. The Morgan fingerprint density at radius 3 is 0.617 bits per heavy atom. The molecule has 0 radical (unpaired) electrons. The number of esters is 3. The first-order valence-electron chi connectivity index (χ1n) is 36.8. The van der Waals surface area contributed by atoms with Crippen molar-refractivity contribution in [3.63, 3.8) is 0 Å². The summed E-state index contributed by atoms with van der Waals surface area (Å²) < 4.78 is 17.0. The van der Waals surface area contributed by atoms with Crippen LogP contribution in [0.1, 0.15) is 419 Å². The zero-order chi connectivity index (χ0) is 58.5. The van der Waals surface area contributed by atoms with Crippen LogP contribution in [0.2, 0.25) is 0 Å². The van der Waals surface area contributed by atoms with Crippen LogP contribution in [0, 0.1) is 0 Å². The smallest absolute Gasteiger partial charge is 0.306 e. The van der Waals surface area contributed by atoms with Crippen LogP contribution in [-0.4, -0.2) is 37.2 Å². The number of rotatable bonds is 69. The van der Waals surface area contributed by atoms with Gasteiger partial charge in [0, 0.05) is 19.3 Å². The van der Waals surface area contributed by atoms with Crippen molar-refractivity contribution in [2.45, 2.75) is 425 Å². The predicted octanol–water partition coefficient (Wildman–Crippen LogP) is 25.3. The van der Waals surface area contributed by atoms with Gasteiger partial charge in [0.1, 0.15) is 13.2 Å². The fourth-order valence-corrected chi connectivity index (χ4v) is 11.4. The summed E-state index contributed by atoms with van der Waals surface area (Å²) in [5.41, 5.74) is 0. The molecule has 0 amide bonds. The van der Waals surface area contributed by atoms with Crippen molar-refractivity contribution in [2.24, 2.45) is 0 Å². The molecule has 0 saturated heterocycles. The van der Waals surface area contributed by atoms with E-state index in [2.05, 4.69) is 45.1 Å². The molecular formula is C75H142O6. The highest BCUT2D eigenvalue weighted by Gasteiger charge is 2.20. The van der Waals surface area contributed by atoms with Crippen LogP contribution >= 0.6 is 0 Å². The number of carbonyl (C=O) groups excluding carboxylic acids is 3. The van der Waals surface area contributed by atoms with Crippen molar-refractivity contribution in [3.05, 3.63) is 24.3 Å². The fourth-order valence-electron chi connectivity index (χ4n) is 11.4. The van der Waals surface area contributed by atoms with Crippen molar-refractivity contribution in [1.29, 1.82) is 0 Å². The largest absolute Gasteiger partial charge is 0.462 e. The summed E-state index contributed by atoms with van der Waals surface area (Å²) in [5, 5.41) is 0. The summed E-state index contributed by atoms with van der Waals surface area (Å²) in [4.78, 5) is 38.5. The van der Waals surface area contributed by atoms with E-state index < -0.39 is 6.10 Å². The van der Waals surface area contributed by atoms with E-state index in [0.717, 1.165) is 57.8 Å². The van der Waals surface area contributed by atoms with Gasteiger partial charge in [-0.3, -0.25) is 14.4 Å². The number of hydrogen-bond acceptors (Lipinski definition) is 6. The summed E-state index contributed by atoms with van der Waals surface area (Å²) in [6.45, 7) is 6.72. The van der Waals surface area contributed by atoms with Crippen LogP contribution in [0.3, 0.4) is 0 Å². The number of ether oxygens (including phenoxy) is 3.